The maximum absolute atomic E-state index is 12.3. The molecule has 116 valence electrons. The minimum absolute atomic E-state index is 0.0107. The van der Waals surface area contributed by atoms with E-state index >= 15 is 0 Å². The fraction of sp³-hybridized carbons (Fsp3) is 0.111. The molecule has 0 aromatic heterocycles. The Bertz CT molecular complexity index is 835. The van der Waals surface area contributed by atoms with E-state index in [9.17, 15) is 15.2 Å². The summed E-state index contributed by atoms with van der Waals surface area (Å²) in [7, 11) is 0. The summed E-state index contributed by atoms with van der Waals surface area (Å²) in [4.78, 5) is 12.3. The number of phenolic OH excluding ortho intramolecular Hbond substituents is 1. The molecule has 0 unspecified atom stereocenters. The lowest BCUT2D eigenvalue weighted by Crippen LogP contribution is -2.14. The highest BCUT2D eigenvalue weighted by atomic mass is 79.9. The molecule has 0 spiro atoms. The number of phenols is 1. The first kappa shape index (κ1) is 16.8. The summed E-state index contributed by atoms with van der Waals surface area (Å²) in [6.45, 7) is 3.83. The minimum atomic E-state index is -0.467. The second-order valence-electron chi connectivity index (χ2n) is 5.15. The van der Waals surface area contributed by atoms with Crippen LogP contribution < -0.4 is 5.32 Å². The van der Waals surface area contributed by atoms with Crippen LogP contribution in [0.15, 0.2) is 46.4 Å². The Morgan fingerprint density at radius 1 is 1.26 bits per heavy atom. The number of anilines is 1. The molecule has 1 amide bonds. The van der Waals surface area contributed by atoms with Gasteiger partial charge in [0.1, 0.15) is 17.4 Å². The Morgan fingerprint density at radius 2 is 2.00 bits per heavy atom. The second kappa shape index (κ2) is 7.12. The molecule has 2 rings (SSSR count). The largest absolute Gasteiger partial charge is 0.507 e. The molecule has 2 aromatic carbocycles. The highest BCUT2D eigenvalue weighted by Crippen LogP contribution is 2.25. The summed E-state index contributed by atoms with van der Waals surface area (Å²) in [6.07, 6.45) is 1.48. The molecule has 5 heteroatoms. The first-order valence-corrected chi connectivity index (χ1v) is 7.69. The quantitative estimate of drug-likeness (QED) is 0.624. The predicted molar refractivity (Wildman–Crippen MR) is 93.9 cm³/mol. The number of benzene rings is 2. The molecule has 0 saturated carbocycles. The zero-order valence-electron chi connectivity index (χ0n) is 12.7. The first-order chi connectivity index (χ1) is 10.9. The Balaban J connectivity index is 2.28. The van der Waals surface area contributed by atoms with Gasteiger partial charge in [0, 0.05) is 5.69 Å². The summed E-state index contributed by atoms with van der Waals surface area (Å²) in [5.74, 6) is -0.370. The van der Waals surface area contributed by atoms with Crippen LogP contribution in [0.2, 0.25) is 0 Å². The number of aryl methyl sites for hydroxylation is 2. The Hall–Kier alpha value is -2.58. The van der Waals surface area contributed by atoms with Gasteiger partial charge < -0.3 is 10.4 Å². The monoisotopic (exact) mass is 370 g/mol. The number of carbonyl (C=O) groups excluding carboxylic acids is 1. The van der Waals surface area contributed by atoms with E-state index in [1.165, 1.54) is 12.1 Å². The number of hydrogen-bond donors (Lipinski definition) is 2. The van der Waals surface area contributed by atoms with E-state index in [-0.39, 0.29) is 11.3 Å². The maximum atomic E-state index is 12.3. The minimum Gasteiger partial charge on any atom is -0.507 e. The van der Waals surface area contributed by atoms with Crippen molar-refractivity contribution in [2.45, 2.75) is 13.8 Å². The van der Waals surface area contributed by atoms with Gasteiger partial charge in [0.05, 0.1) is 4.47 Å². The van der Waals surface area contributed by atoms with Crippen molar-refractivity contribution in [1.82, 2.24) is 0 Å². The lowest BCUT2D eigenvalue weighted by molar-refractivity contribution is -0.112. The van der Waals surface area contributed by atoms with Gasteiger partial charge >= 0.3 is 0 Å². The summed E-state index contributed by atoms with van der Waals surface area (Å²) in [5, 5.41) is 21.5. The molecule has 23 heavy (non-hydrogen) atoms. The van der Waals surface area contributed by atoms with Crippen molar-refractivity contribution in [2.24, 2.45) is 0 Å². The van der Waals surface area contributed by atoms with Crippen molar-refractivity contribution < 1.29 is 9.90 Å². The molecular weight excluding hydrogens is 356 g/mol. The molecule has 4 nitrogen and oxygen atoms in total. The molecule has 0 heterocycles. The third kappa shape index (κ3) is 4.21. The first-order valence-electron chi connectivity index (χ1n) is 6.89. The van der Waals surface area contributed by atoms with Gasteiger partial charge in [0.25, 0.3) is 5.91 Å². The van der Waals surface area contributed by atoms with Crippen LogP contribution in [-0.4, -0.2) is 11.0 Å². The summed E-state index contributed by atoms with van der Waals surface area (Å²) in [5.41, 5.74) is 3.26. The third-order valence-corrected chi connectivity index (χ3v) is 3.92. The van der Waals surface area contributed by atoms with Crippen LogP contribution in [0.25, 0.3) is 6.08 Å². The molecule has 0 saturated heterocycles. The number of halogens is 1. The Kier molecular flexibility index (Phi) is 5.20. The summed E-state index contributed by atoms with van der Waals surface area (Å²) in [6, 6.07) is 12.4. The number of hydrogen-bond acceptors (Lipinski definition) is 3. The van der Waals surface area contributed by atoms with Crippen LogP contribution in [0.5, 0.6) is 5.75 Å². The van der Waals surface area contributed by atoms with Crippen LogP contribution >= 0.6 is 15.9 Å². The smallest absolute Gasteiger partial charge is 0.266 e. The number of nitrogens with one attached hydrogen (secondary N) is 1. The highest BCUT2D eigenvalue weighted by Gasteiger charge is 2.11. The number of aromatic hydroxyl groups is 1. The zero-order valence-corrected chi connectivity index (χ0v) is 14.3. The normalized spacial score (nSPS) is 11.0. The fourth-order valence-electron chi connectivity index (χ4n) is 1.99. The van der Waals surface area contributed by atoms with E-state index in [0.717, 1.165) is 11.1 Å². The average molecular weight is 371 g/mol. The molecule has 0 aliphatic carbocycles. The van der Waals surface area contributed by atoms with Crippen molar-refractivity contribution in [3.05, 3.63) is 63.1 Å². The van der Waals surface area contributed by atoms with E-state index < -0.39 is 5.91 Å². The molecule has 0 atom stereocenters. The van der Waals surface area contributed by atoms with Gasteiger partial charge in [-0.05, 0) is 70.7 Å². The highest BCUT2D eigenvalue weighted by molar-refractivity contribution is 9.10. The molecule has 0 radical (unpaired) electrons. The Morgan fingerprint density at radius 3 is 2.65 bits per heavy atom. The predicted octanol–water partition coefficient (Wildman–Crippen LogP) is 4.32. The van der Waals surface area contributed by atoms with Gasteiger partial charge in [-0.15, -0.1) is 0 Å². The molecule has 2 aromatic rings. The van der Waals surface area contributed by atoms with E-state index in [0.29, 0.717) is 15.7 Å². The van der Waals surface area contributed by atoms with Crippen molar-refractivity contribution in [2.75, 3.05) is 5.32 Å². The third-order valence-electron chi connectivity index (χ3n) is 3.29. The second-order valence-corrected chi connectivity index (χ2v) is 6.01. The molecule has 0 fully saturated rings. The van der Waals surface area contributed by atoms with E-state index in [1.54, 1.807) is 12.1 Å². The standard InChI is InChI=1S/C18H15BrN2O2/c1-11-3-4-12(2)16(7-11)21-18(23)14(10-20)8-13-5-6-17(22)15(19)9-13/h3-9,22H,1-2H3,(H,21,23)/b14-8+. The topological polar surface area (TPSA) is 73.1 Å². The number of amides is 1. The van der Waals surface area contributed by atoms with Crippen LogP contribution in [0, 0.1) is 25.2 Å². The number of rotatable bonds is 3. The molecule has 2 N–H and O–H groups in total. The van der Waals surface area contributed by atoms with Crippen molar-refractivity contribution in [3.63, 3.8) is 0 Å². The van der Waals surface area contributed by atoms with Gasteiger partial charge in [-0.2, -0.15) is 5.26 Å². The van der Waals surface area contributed by atoms with Crippen LogP contribution in [0.3, 0.4) is 0 Å². The molecule has 0 aliphatic rings. The van der Waals surface area contributed by atoms with Crippen molar-refractivity contribution >= 4 is 33.6 Å². The average Bonchev–Trinajstić information content (AvgIpc) is 2.51. The number of carbonyl (C=O) groups is 1. The van der Waals surface area contributed by atoms with Crippen molar-refractivity contribution in [3.8, 4) is 11.8 Å². The van der Waals surface area contributed by atoms with E-state index in [1.807, 2.05) is 38.1 Å². The molecule has 0 bridgehead atoms. The Labute approximate surface area is 143 Å². The van der Waals surface area contributed by atoms with Gasteiger partial charge in [-0.1, -0.05) is 18.2 Å². The SMILES string of the molecule is Cc1ccc(C)c(NC(=O)/C(C#N)=C/c2ccc(O)c(Br)c2)c1. The molecular formula is C18H15BrN2O2. The lowest BCUT2D eigenvalue weighted by Gasteiger charge is -2.09. The van der Waals surface area contributed by atoms with Gasteiger partial charge in [0.2, 0.25) is 0 Å². The van der Waals surface area contributed by atoms with Crippen LogP contribution in [0.1, 0.15) is 16.7 Å². The maximum Gasteiger partial charge on any atom is 0.266 e. The number of nitriles is 1. The lowest BCUT2D eigenvalue weighted by atomic mass is 10.1. The van der Waals surface area contributed by atoms with Gasteiger partial charge in [0.15, 0.2) is 0 Å². The fourth-order valence-corrected chi connectivity index (χ4v) is 2.38. The van der Waals surface area contributed by atoms with Crippen LogP contribution in [0.4, 0.5) is 5.69 Å². The van der Waals surface area contributed by atoms with Crippen molar-refractivity contribution in [1.29, 1.82) is 5.26 Å². The summed E-state index contributed by atoms with van der Waals surface area (Å²) < 4.78 is 0.499. The van der Waals surface area contributed by atoms with E-state index in [2.05, 4.69) is 21.2 Å². The van der Waals surface area contributed by atoms with Gasteiger partial charge in [-0.3, -0.25) is 4.79 Å². The number of nitrogens with zero attached hydrogens (tertiary/aromatic N) is 1. The zero-order chi connectivity index (χ0) is 17.0. The van der Waals surface area contributed by atoms with Crippen LogP contribution in [-0.2, 0) is 4.79 Å². The molecule has 0 aliphatic heterocycles. The summed E-state index contributed by atoms with van der Waals surface area (Å²) >= 11 is 3.20. The van der Waals surface area contributed by atoms with Gasteiger partial charge in [-0.25, -0.2) is 0 Å². The van der Waals surface area contributed by atoms with E-state index in [4.69, 9.17) is 0 Å².